The summed E-state index contributed by atoms with van der Waals surface area (Å²) >= 11 is 0. The molecule has 2 aliphatic heterocycles. The minimum absolute atomic E-state index is 0.0367. The van der Waals surface area contributed by atoms with E-state index in [0.29, 0.717) is 17.4 Å². The van der Waals surface area contributed by atoms with Gasteiger partial charge in [-0.1, -0.05) is 0 Å². The van der Waals surface area contributed by atoms with Crippen LogP contribution in [0.2, 0.25) is 0 Å². The second kappa shape index (κ2) is 7.49. The Morgan fingerprint density at radius 1 is 1.17 bits per heavy atom. The summed E-state index contributed by atoms with van der Waals surface area (Å²) in [5.74, 6) is 0.164. The third-order valence-corrected chi connectivity index (χ3v) is 5.43. The second-order valence-electron chi connectivity index (χ2n) is 8.15. The maximum atomic E-state index is 11.8. The summed E-state index contributed by atoms with van der Waals surface area (Å²) < 4.78 is 22.4. The SMILES string of the molecule is CC(C)(O)[C@@H]1Cc2cc3ccc(=O)oc3c(O[C@@H]3O[C@H](CO)[C@@H](O)[C@H](O)[C@@H]3O)c2O1. The van der Waals surface area contributed by atoms with Gasteiger partial charge in [0.2, 0.25) is 12.0 Å². The smallest absolute Gasteiger partial charge is 0.336 e. The van der Waals surface area contributed by atoms with E-state index in [4.69, 9.17) is 18.6 Å². The van der Waals surface area contributed by atoms with Crippen molar-refractivity contribution in [3.63, 3.8) is 0 Å². The second-order valence-corrected chi connectivity index (χ2v) is 8.15. The van der Waals surface area contributed by atoms with Crippen molar-refractivity contribution in [2.75, 3.05) is 6.61 Å². The van der Waals surface area contributed by atoms with Gasteiger partial charge >= 0.3 is 5.63 Å². The molecule has 30 heavy (non-hydrogen) atoms. The van der Waals surface area contributed by atoms with Crippen LogP contribution in [-0.4, -0.2) is 74.6 Å². The average molecular weight is 424 g/mol. The predicted octanol–water partition coefficient (Wildman–Crippen LogP) is -0.954. The summed E-state index contributed by atoms with van der Waals surface area (Å²) in [5.41, 5.74) is -1.09. The molecule has 0 saturated carbocycles. The fraction of sp³-hybridized carbons (Fsp3) is 0.550. The van der Waals surface area contributed by atoms with Crippen LogP contribution in [-0.2, 0) is 11.2 Å². The molecule has 3 heterocycles. The number of aliphatic hydroxyl groups is 5. The largest absolute Gasteiger partial charge is 0.483 e. The van der Waals surface area contributed by atoms with Gasteiger partial charge in [-0.25, -0.2) is 4.79 Å². The van der Waals surface area contributed by atoms with Crippen LogP contribution in [0.3, 0.4) is 0 Å². The number of hydrogen-bond donors (Lipinski definition) is 5. The van der Waals surface area contributed by atoms with E-state index < -0.39 is 54.6 Å². The van der Waals surface area contributed by atoms with Crippen LogP contribution in [0.15, 0.2) is 27.4 Å². The molecule has 0 amide bonds. The van der Waals surface area contributed by atoms with Gasteiger partial charge in [0.1, 0.15) is 30.5 Å². The Hall–Kier alpha value is -2.21. The first-order chi connectivity index (χ1) is 14.1. The highest BCUT2D eigenvalue weighted by Crippen LogP contribution is 2.46. The van der Waals surface area contributed by atoms with Crippen molar-refractivity contribution in [3.05, 3.63) is 34.2 Å². The molecule has 4 rings (SSSR count). The molecule has 1 fully saturated rings. The standard InChI is InChI=1S/C20H24O10/c1-20(2,26)11-6-9-5-8-3-4-12(22)29-16(8)18(17(9)28-11)30-19-15(25)14(24)13(23)10(7-21)27-19/h3-5,10-11,13-15,19,21,23-26H,6-7H2,1-2H3/t10-,11+,13-,14+,15+,19+/m1/s1. The summed E-state index contributed by atoms with van der Waals surface area (Å²) in [5, 5.41) is 50.6. The van der Waals surface area contributed by atoms with Gasteiger partial charge in [0, 0.05) is 23.4 Å². The third kappa shape index (κ3) is 3.55. The Bertz CT molecular complexity index is 991. The summed E-state index contributed by atoms with van der Waals surface area (Å²) in [7, 11) is 0. The first-order valence-corrected chi connectivity index (χ1v) is 9.56. The molecule has 2 aromatic rings. The van der Waals surface area contributed by atoms with E-state index in [0.717, 1.165) is 0 Å². The van der Waals surface area contributed by atoms with Crippen LogP contribution in [0.1, 0.15) is 19.4 Å². The van der Waals surface area contributed by atoms with E-state index in [1.807, 2.05) is 0 Å². The monoisotopic (exact) mass is 424 g/mol. The normalized spacial score (nSPS) is 31.4. The highest BCUT2D eigenvalue weighted by Gasteiger charge is 2.46. The average Bonchev–Trinajstić information content (AvgIpc) is 3.12. The van der Waals surface area contributed by atoms with Crippen LogP contribution in [0, 0.1) is 0 Å². The number of benzene rings is 1. The third-order valence-electron chi connectivity index (χ3n) is 5.43. The lowest BCUT2D eigenvalue weighted by molar-refractivity contribution is -0.277. The number of fused-ring (bicyclic) bond motifs is 2. The molecule has 1 aromatic heterocycles. The molecule has 164 valence electrons. The lowest BCUT2D eigenvalue weighted by atomic mass is 9.96. The summed E-state index contributed by atoms with van der Waals surface area (Å²) in [6, 6.07) is 4.54. The topological polar surface area (TPSA) is 159 Å². The van der Waals surface area contributed by atoms with Crippen LogP contribution in [0.25, 0.3) is 11.0 Å². The molecule has 2 aliphatic rings. The maximum absolute atomic E-state index is 11.8. The molecule has 0 aliphatic carbocycles. The Morgan fingerprint density at radius 3 is 2.57 bits per heavy atom. The number of ether oxygens (including phenoxy) is 3. The van der Waals surface area contributed by atoms with Gasteiger partial charge in [-0.2, -0.15) is 0 Å². The van der Waals surface area contributed by atoms with Crippen LogP contribution in [0.5, 0.6) is 11.5 Å². The van der Waals surface area contributed by atoms with Gasteiger partial charge in [-0.05, 0) is 26.0 Å². The highest BCUT2D eigenvalue weighted by molar-refractivity contribution is 5.87. The molecule has 0 unspecified atom stereocenters. The zero-order valence-corrected chi connectivity index (χ0v) is 16.4. The fourth-order valence-electron chi connectivity index (χ4n) is 3.67. The van der Waals surface area contributed by atoms with E-state index in [1.54, 1.807) is 26.0 Å². The Balaban J connectivity index is 1.78. The fourth-order valence-corrected chi connectivity index (χ4v) is 3.67. The molecular formula is C20H24O10. The van der Waals surface area contributed by atoms with Crippen LogP contribution < -0.4 is 15.1 Å². The molecule has 0 bridgehead atoms. The van der Waals surface area contributed by atoms with Gasteiger partial charge < -0.3 is 44.2 Å². The van der Waals surface area contributed by atoms with Crippen molar-refractivity contribution in [1.82, 2.24) is 0 Å². The van der Waals surface area contributed by atoms with Gasteiger partial charge in [-0.3, -0.25) is 0 Å². The highest BCUT2D eigenvalue weighted by atomic mass is 16.7. The molecule has 10 heteroatoms. The van der Waals surface area contributed by atoms with Crippen molar-refractivity contribution < 1.29 is 44.2 Å². The summed E-state index contributed by atoms with van der Waals surface area (Å²) in [6.45, 7) is 2.58. The quantitative estimate of drug-likeness (QED) is 0.387. The summed E-state index contributed by atoms with van der Waals surface area (Å²) in [6.07, 6.45) is -7.75. The zero-order valence-electron chi connectivity index (χ0n) is 16.4. The van der Waals surface area contributed by atoms with Gasteiger partial charge in [-0.15, -0.1) is 0 Å². The molecule has 10 nitrogen and oxygen atoms in total. The van der Waals surface area contributed by atoms with Crippen molar-refractivity contribution in [1.29, 1.82) is 0 Å². The van der Waals surface area contributed by atoms with E-state index in [2.05, 4.69) is 0 Å². The lowest BCUT2D eigenvalue weighted by Gasteiger charge is -2.39. The molecule has 1 aromatic carbocycles. The van der Waals surface area contributed by atoms with Crippen molar-refractivity contribution in [2.45, 2.75) is 62.7 Å². The van der Waals surface area contributed by atoms with E-state index in [1.165, 1.54) is 6.07 Å². The molecule has 6 atom stereocenters. The molecule has 1 saturated heterocycles. The maximum Gasteiger partial charge on any atom is 0.336 e. The van der Waals surface area contributed by atoms with Crippen LogP contribution in [0.4, 0.5) is 0 Å². The first kappa shape index (κ1) is 21.0. The van der Waals surface area contributed by atoms with Crippen LogP contribution >= 0.6 is 0 Å². The summed E-state index contributed by atoms with van der Waals surface area (Å²) in [4.78, 5) is 11.8. The van der Waals surface area contributed by atoms with Gasteiger partial charge in [0.15, 0.2) is 11.3 Å². The van der Waals surface area contributed by atoms with Gasteiger partial charge in [0.05, 0.1) is 12.2 Å². The lowest BCUT2D eigenvalue weighted by Crippen LogP contribution is -2.60. The van der Waals surface area contributed by atoms with Crippen molar-refractivity contribution in [2.24, 2.45) is 0 Å². The molecule has 0 spiro atoms. The Kier molecular flexibility index (Phi) is 5.25. The van der Waals surface area contributed by atoms with Crippen molar-refractivity contribution in [3.8, 4) is 11.5 Å². The van der Waals surface area contributed by atoms with E-state index in [9.17, 15) is 30.3 Å². The molecule has 5 N–H and O–H groups in total. The molecular weight excluding hydrogens is 400 g/mol. The Labute approximate surface area is 170 Å². The zero-order chi connectivity index (χ0) is 21.8. The van der Waals surface area contributed by atoms with Gasteiger partial charge in [0.25, 0.3) is 0 Å². The number of rotatable bonds is 4. The first-order valence-electron chi connectivity index (χ1n) is 9.56. The minimum Gasteiger partial charge on any atom is -0.483 e. The Morgan fingerprint density at radius 2 is 1.90 bits per heavy atom. The number of hydrogen-bond acceptors (Lipinski definition) is 10. The minimum atomic E-state index is -1.66. The number of aliphatic hydroxyl groups excluding tert-OH is 4. The predicted molar refractivity (Wildman–Crippen MR) is 101 cm³/mol. The van der Waals surface area contributed by atoms with E-state index >= 15 is 0 Å². The molecule has 0 radical (unpaired) electrons. The van der Waals surface area contributed by atoms with Crippen molar-refractivity contribution >= 4 is 11.0 Å². The van der Waals surface area contributed by atoms with E-state index in [-0.39, 0.29) is 17.1 Å².